The number of fused-ring (bicyclic) bond motifs is 1. The summed E-state index contributed by atoms with van der Waals surface area (Å²) in [6.07, 6.45) is -1.70. The lowest BCUT2D eigenvalue weighted by atomic mass is 10.0. The summed E-state index contributed by atoms with van der Waals surface area (Å²) in [5.41, 5.74) is 5.69. The van der Waals surface area contributed by atoms with E-state index in [4.69, 9.17) is 10.2 Å². The minimum atomic E-state index is -4.75. The van der Waals surface area contributed by atoms with E-state index in [0.717, 1.165) is 6.07 Å². The number of aryl methyl sites for hydroxylation is 2. The second-order valence-corrected chi connectivity index (χ2v) is 8.98. The van der Waals surface area contributed by atoms with E-state index < -0.39 is 23.7 Å². The Hall–Kier alpha value is -4.46. The van der Waals surface area contributed by atoms with Crippen molar-refractivity contribution in [3.8, 4) is 22.6 Å². The van der Waals surface area contributed by atoms with E-state index in [1.165, 1.54) is 12.3 Å². The minimum absolute atomic E-state index is 0.0439. The van der Waals surface area contributed by atoms with Gasteiger partial charge in [-0.25, -0.2) is 4.98 Å². The number of primary amides is 1. The first kappa shape index (κ1) is 24.2. The maximum absolute atomic E-state index is 13.7. The van der Waals surface area contributed by atoms with Crippen LogP contribution in [0.25, 0.3) is 32.8 Å². The zero-order valence-corrected chi connectivity index (χ0v) is 20.1. The molecule has 0 fully saturated rings. The molecule has 0 atom stereocenters. The molecular formula is C23H18F3N7O3S. The van der Waals surface area contributed by atoms with Crippen molar-refractivity contribution in [2.45, 2.75) is 26.6 Å². The number of aromatic nitrogens is 5. The molecule has 0 bridgehead atoms. The van der Waals surface area contributed by atoms with E-state index in [-0.39, 0.29) is 32.0 Å². The van der Waals surface area contributed by atoms with Crippen LogP contribution in [0.2, 0.25) is 0 Å². The molecule has 5 heterocycles. The molecule has 0 saturated heterocycles. The molecule has 4 N–H and O–H groups in total. The van der Waals surface area contributed by atoms with Crippen LogP contribution in [0.3, 0.4) is 0 Å². The number of nitrogens with zero attached hydrogens (tertiary/aromatic N) is 4. The molecule has 2 amide bonds. The Morgan fingerprint density at radius 2 is 2.05 bits per heavy atom. The highest BCUT2D eigenvalue weighted by Crippen LogP contribution is 2.44. The first-order valence-electron chi connectivity index (χ1n) is 10.9. The summed E-state index contributed by atoms with van der Waals surface area (Å²) in [6, 6.07) is 5.65. The Morgan fingerprint density at radius 1 is 1.27 bits per heavy atom. The Labute approximate surface area is 210 Å². The molecule has 0 aliphatic carbocycles. The lowest BCUT2D eigenvalue weighted by Gasteiger charge is -2.11. The summed E-state index contributed by atoms with van der Waals surface area (Å²) < 4.78 is 48.1. The molecule has 5 rings (SSSR count). The highest BCUT2D eigenvalue weighted by Gasteiger charge is 2.35. The number of hydrogen-bond donors (Lipinski definition) is 3. The third kappa shape index (κ3) is 4.35. The molecule has 0 saturated carbocycles. The summed E-state index contributed by atoms with van der Waals surface area (Å²) in [4.78, 5) is 28.9. The molecule has 10 nitrogen and oxygen atoms in total. The van der Waals surface area contributed by atoms with Crippen LogP contribution in [0.4, 0.5) is 18.9 Å². The van der Waals surface area contributed by atoms with Gasteiger partial charge in [0.25, 0.3) is 11.8 Å². The van der Waals surface area contributed by atoms with Gasteiger partial charge in [-0.1, -0.05) is 0 Å². The van der Waals surface area contributed by atoms with Gasteiger partial charge >= 0.3 is 6.18 Å². The Kier molecular flexibility index (Phi) is 5.82. The molecule has 0 aliphatic rings. The molecule has 37 heavy (non-hydrogen) atoms. The van der Waals surface area contributed by atoms with Gasteiger partial charge < -0.3 is 15.5 Å². The van der Waals surface area contributed by atoms with Crippen molar-refractivity contribution < 1.29 is 27.2 Å². The van der Waals surface area contributed by atoms with Gasteiger partial charge in [-0.15, -0.1) is 11.3 Å². The molecule has 190 valence electrons. The first-order chi connectivity index (χ1) is 17.6. The topological polar surface area (TPSA) is 145 Å². The number of hydrogen-bond acceptors (Lipinski definition) is 7. The minimum Gasteiger partial charge on any atom is -0.463 e. The molecule has 14 heteroatoms. The Morgan fingerprint density at radius 3 is 2.68 bits per heavy atom. The number of thiophene rings is 1. The number of H-pyrrole nitrogens is 1. The van der Waals surface area contributed by atoms with Crippen molar-refractivity contribution in [3.63, 3.8) is 0 Å². The largest absolute Gasteiger partial charge is 0.463 e. The molecule has 5 aromatic heterocycles. The summed E-state index contributed by atoms with van der Waals surface area (Å²) in [5, 5.41) is 13.7. The van der Waals surface area contributed by atoms with E-state index in [1.54, 1.807) is 29.9 Å². The van der Waals surface area contributed by atoms with Crippen molar-refractivity contribution >= 4 is 39.1 Å². The first-order valence-corrected chi connectivity index (χ1v) is 11.7. The number of pyridine rings is 1. The van der Waals surface area contributed by atoms with Crippen LogP contribution >= 0.6 is 11.3 Å². The number of carbonyl (C=O) groups excluding carboxylic acids is 2. The van der Waals surface area contributed by atoms with Gasteiger partial charge in [-0.05, 0) is 37.6 Å². The molecular weight excluding hydrogens is 511 g/mol. The third-order valence-corrected chi connectivity index (χ3v) is 6.67. The molecule has 0 spiro atoms. The molecule has 0 aliphatic heterocycles. The average molecular weight is 530 g/mol. The van der Waals surface area contributed by atoms with Crippen LogP contribution in [-0.2, 0) is 12.7 Å². The van der Waals surface area contributed by atoms with Crippen LogP contribution in [0.15, 0.2) is 41.1 Å². The number of halogens is 3. The van der Waals surface area contributed by atoms with Gasteiger partial charge in [0.05, 0.1) is 17.6 Å². The van der Waals surface area contributed by atoms with Gasteiger partial charge in [-0.2, -0.15) is 23.4 Å². The number of nitrogens with one attached hydrogen (secondary N) is 2. The van der Waals surface area contributed by atoms with Gasteiger partial charge in [-0.3, -0.25) is 19.4 Å². The van der Waals surface area contributed by atoms with E-state index in [9.17, 15) is 22.8 Å². The summed E-state index contributed by atoms with van der Waals surface area (Å²) in [5.74, 6) is -1.21. The fraction of sp³-hybridized carbons (Fsp3) is 0.174. The lowest BCUT2D eigenvalue weighted by Crippen LogP contribution is -2.17. The number of anilines is 1. The van der Waals surface area contributed by atoms with Gasteiger partial charge in [0, 0.05) is 29.8 Å². The quantitative estimate of drug-likeness (QED) is 0.287. The van der Waals surface area contributed by atoms with Crippen molar-refractivity contribution in [1.82, 2.24) is 25.0 Å². The number of rotatable bonds is 6. The SMILES string of the molecule is CCn1cc(-c2cc(C(F)(F)F)nc3sc(C(N)=O)c(NC(=O)c4cc(-c5ccco5)[nH]n4)c23)c(C)n1. The van der Waals surface area contributed by atoms with Crippen molar-refractivity contribution in [3.05, 3.63) is 58.7 Å². The van der Waals surface area contributed by atoms with Crippen LogP contribution in [-0.4, -0.2) is 36.8 Å². The number of aromatic amines is 1. The lowest BCUT2D eigenvalue weighted by molar-refractivity contribution is -0.140. The maximum atomic E-state index is 13.7. The maximum Gasteiger partial charge on any atom is 0.433 e. The predicted octanol–water partition coefficient (Wildman–Crippen LogP) is 4.84. The molecule has 0 unspecified atom stereocenters. The number of amides is 2. The smallest absolute Gasteiger partial charge is 0.433 e. The number of furan rings is 1. The normalized spacial score (nSPS) is 11.8. The predicted molar refractivity (Wildman–Crippen MR) is 129 cm³/mol. The van der Waals surface area contributed by atoms with Crippen LogP contribution < -0.4 is 11.1 Å². The zero-order chi connectivity index (χ0) is 26.5. The fourth-order valence-electron chi connectivity index (χ4n) is 3.87. The second-order valence-electron chi connectivity index (χ2n) is 7.99. The Bertz CT molecular complexity index is 1650. The van der Waals surface area contributed by atoms with Gasteiger partial charge in [0.1, 0.15) is 21.1 Å². The van der Waals surface area contributed by atoms with E-state index in [1.807, 2.05) is 6.92 Å². The molecule has 5 aromatic rings. The molecule has 0 radical (unpaired) electrons. The monoisotopic (exact) mass is 529 g/mol. The third-order valence-electron chi connectivity index (χ3n) is 5.57. The van der Waals surface area contributed by atoms with E-state index in [2.05, 4.69) is 25.6 Å². The van der Waals surface area contributed by atoms with Gasteiger partial charge in [0.15, 0.2) is 11.5 Å². The van der Waals surface area contributed by atoms with E-state index in [0.29, 0.717) is 40.6 Å². The highest BCUT2D eigenvalue weighted by atomic mass is 32.1. The van der Waals surface area contributed by atoms with E-state index >= 15 is 0 Å². The van der Waals surface area contributed by atoms with Crippen LogP contribution in [0.5, 0.6) is 0 Å². The zero-order valence-electron chi connectivity index (χ0n) is 19.3. The van der Waals surface area contributed by atoms with Crippen molar-refractivity contribution in [2.75, 3.05) is 5.32 Å². The number of alkyl halides is 3. The summed E-state index contributed by atoms with van der Waals surface area (Å²) in [7, 11) is 0. The van der Waals surface area contributed by atoms with Gasteiger partial charge in [0.2, 0.25) is 0 Å². The average Bonchev–Trinajstić information content (AvgIpc) is 3.63. The van der Waals surface area contributed by atoms with Crippen molar-refractivity contribution in [1.29, 1.82) is 0 Å². The second kappa shape index (κ2) is 8.89. The standard InChI is InChI=1S/C23H18F3N7O3S/c1-3-33-9-12(10(2)32-33)11-7-16(23(24,25)26)28-22-17(11)18(19(37-22)20(27)34)29-21(35)14-8-13(30-31-14)15-5-4-6-36-15/h4-9H,3H2,1-2H3,(H2,27,34)(H,29,35)(H,30,31). The summed E-state index contributed by atoms with van der Waals surface area (Å²) in [6.45, 7) is 3.97. The molecule has 0 aromatic carbocycles. The highest BCUT2D eigenvalue weighted by molar-refractivity contribution is 7.21. The summed E-state index contributed by atoms with van der Waals surface area (Å²) >= 11 is 0.659. The number of carbonyl (C=O) groups is 2. The fourth-order valence-corrected chi connectivity index (χ4v) is 4.87. The Balaban J connectivity index is 1.69. The van der Waals surface area contributed by atoms with Crippen molar-refractivity contribution in [2.24, 2.45) is 5.73 Å². The van der Waals surface area contributed by atoms with Crippen LogP contribution in [0.1, 0.15) is 38.5 Å². The van der Waals surface area contributed by atoms with Crippen LogP contribution in [0, 0.1) is 6.92 Å². The number of nitrogens with two attached hydrogens (primary N) is 1.